The molecular formula is C17H23NO2. The zero-order valence-corrected chi connectivity index (χ0v) is 12.3. The number of carbonyl (C=O) groups is 2. The Morgan fingerprint density at radius 3 is 2.60 bits per heavy atom. The molecule has 0 radical (unpaired) electrons. The Labute approximate surface area is 121 Å². The van der Waals surface area contributed by atoms with Gasteiger partial charge in [-0.1, -0.05) is 37.3 Å². The summed E-state index contributed by atoms with van der Waals surface area (Å²) in [6, 6.07) is 9.85. The van der Waals surface area contributed by atoms with E-state index in [0.717, 1.165) is 32.2 Å². The van der Waals surface area contributed by atoms with Crippen molar-refractivity contribution >= 4 is 11.7 Å². The van der Waals surface area contributed by atoms with Crippen molar-refractivity contribution in [3.63, 3.8) is 0 Å². The molecule has 2 rings (SSSR count). The number of rotatable bonds is 4. The number of amides is 1. The molecule has 1 aromatic rings. The number of nitrogens with zero attached hydrogens (tertiary/aromatic N) is 1. The zero-order valence-electron chi connectivity index (χ0n) is 12.3. The fraction of sp³-hybridized carbons (Fsp3) is 0.529. The number of hydrogen-bond donors (Lipinski definition) is 0. The Morgan fingerprint density at radius 1 is 1.25 bits per heavy atom. The molecule has 1 amide bonds. The largest absolute Gasteiger partial charge is 0.332 e. The molecule has 3 heteroatoms. The number of benzene rings is 1. The van der Waals surface area contributed by atoms with Gasteiger partial charge in [0.15, 0.2) is 5.78 Å². The van der Waals surface area contributed by atoms with Gasteiger partial charge in [0, 0.05) is 12.5 Å². The minimum absolute atomic E-state index is 0.0719. The van der Waals surface area contributed by atoms with Crippen molar-refractivity contribution in [3.8, 4) is 0 Å². The molecule has 20 heavy (non-hydrogen) atoms. The van der Waals surface area contributed by atoms with Gasteiger partial charge in [-0.25, -0.2) is 0 Å². The second-order valence-electron chi connectivity index (χ2n) is 5.74. The Kier molecular flexibility index (Phi) is 4.94. The van der Waals surface area contributed by atoms with Gasteiger partial charge in [-0.15, -0.1) is 0 Å². The first kappa shape index (κ1) is 14.8. The number of hydrogen-bond acceptors (Lipinski definition) is 2. The fourth-order valence-corrected chi connectivity index (χ4v) is 2.96. The molecule has 1 saturated heterocycles. The van der Waals surface area contributed by atoms with E-state index in [4.69, 9.17) is 0 Å². The van der Waals surface area contributed by atoms with Gasteiger partial charge in [-0.2, -0.15) is 0 Å². The van der Waals surface area contributed by atoms with Crippen molar-refractivity contribution in [3.05, 3.63) is 35.9 Å². The number of piperidine rings is 1. The van der Waals surface area contributed by atoms with Crippen LogP contribution in [0.5, 0.6) is 0 Å². The third-order valence-corrected chi connectivity index (χ3v) is 4.06. The van der Waals surface area contributed by atoms with Gasteiger partial charge in [0.1, 0.15) is 0 Å². The maximum Gasteiger partial charge on any atom is 0.226 e. The van der Waals surface area contributed by atoms with Crippen LogP contribution < -0.4 is 0 Å². The zero-order chi connectivity index (χ0) is 14.5. The number of Topliss-reactive ketones (excluding diaryl/α,β-unsaturated/α-hetero) is 1. The predicted octanol–water partition coefficient (Wildman–Crippen LogP) is 2.84. The van der Waals surface area contributed by atoms with E-state index in [-0.39, 0.29) is 23.7 Å². The standard InChI is InChI=1S/C17H23NO2/c1-13(12-15-8-4-3-5-9-15)17(20)18-11-7-6-10-16(18)14(2)19/h3-5,8-9,13,16H,6-7,10-12H2,1-2H3/t13-,16+/m1/s1. The van der Waals surface area contributed by atoms with E-state index in [1.54, 1.807) is 11.8 Å². The molecule has 1 aliphatic rings. The van der Waals surface area contributed by atoms with Crippen LogP contribution in [0.15, 0.2) is 30.3 Å². The highest BCUT2D eigenvalue weighted by molar-refractivity contribution is 5.88. The fourth-order valence-electron chi connectivity index (χ4n) is 2.96. The molecule has 2 atom stereocenters. The van der Waals surface area contributed by atoms with Gasteiger partial charge in [0.25, 0.3) is 0 Å². The Morgan fingerprint density at radius 2 is 1.95 bits per heavy atom. The lowest BCUT2D eigenvalue weighted by molar-refractivity contribution is -0.143. The van der Waals surface area contributed by atoms with Crippen molar-refractivity contribution in [1.82, 2.24) is 4.90 Å². The van der Waals surface area contributed by atoms with E-state index in [1.807, 2.05) is 37.3 Å². The molecule has 0 aromatic heterocycles. The average Bonchev–Trinajstić information content (AvgIpc) is 2.47. The Balaban J connectivity index is 2.03. The molecule has 0 saturated carbocycles. The van der Waals surface area contributed by atoms with E-state index in [9.17, 15) is 9.59 Å². The minimum atomic E-state index is -0.200. The Bertz CT molecular complexity index is 469. The highest BCUT2D eigenvalue weighted by Gasteiger charge is 2.31. The molecule has 1 heterocycles. The molecule has 3 nitrogen and oxygen atoms in total. The molecule has 0 unspecified atom stereocenters. The van der Waals surface area contributed by atoms with Crippen LogP contribution in [0.4, 0.5) is 0 Å². The SMILES string of the molecule is CC(=O)[C@@H]1CCCCN1C(=O)[C@H](C)Cc1ccccc1. The summed E-state index contributed by atoms with van der Waals surface area (Å²) in [5, 5.41) is 0. The molecule has 0 spiro atoms. The molecule has 0 bridgehead atoms. The van der Waals surface area contributed by atoms with Crippen molar-refractivity contribution in [2.75, 3.05) is 6.54 Å². The highest BCUT2D eigenvalue weighted by Crippen LogP contribution is 2.21. The summed E-state index contributed by atoms with van der Waals surface area (Å²) >= 11 is 0. The van der Waals surface area contributed by atoms with Crippen molar-refractivity contribution < 1.29 is 9.59 Å². The third kappa shape index (κ3) is 3.47. The molecular weight excluding hydrogens is 250 g/mol. The summed E-state index contributed by atoms with van der Waals surface area (Å²) in [6.45, 7) is 4.28. The highest BCUT2D eigenvalue weighted by atomic mass is 16.2. The van der Waals surface area contributed by atoms with Crippen LogP contribution in [-0.2, 0) is 16.0 Å². The van der Waals surface area contributed by atoms with E-state index >= 15 is 0 Å². The molecule has 1 aliphatic heterocycles. The maximum atomic E-state index is 12.6. The van der Waals surface area contributed by atoms with Gasteiger partial charge in [-0.3, -0.25) is 9.59 Å². The summed E-state index contributed by atoms with van der Waals surface area (Å²) in [7, 11) is 0. The van der Waals surface area contributed by atoms with Gasteiger partial charge in [0.05, 0.1) is 6.04 Å². The quantitative estimate of drug-likeness (QED) is 0.846. The number of likely N-dealkylation sites (tertiary alicyclic amines) is 1. The van der Waals surface area contributed by atoms with E-state index in [0.29, 0.717) is 0 Å². The predicted molar refractivity (Wildman–Crippen MR) is 79.3 cm³/mol. The summed E-state index contributed by atoms with van der Waals surface area (Å²) < 4.78 is 0. The summed E-state index contributed by atoms with van der Waals surface area (Å²) in [4.78, 5) is 26.1. The van der Waals surface area contributed by atoms with Crippen LogP contribution in [0, 0.1) is 5.92 Å². The number of ketones is 1. The van der Waals surface area contributed by atoms with Crippen molar-refractivity contribution in [2.45, 2.75) is 45.6 Å². The minimum Gasteiger partial charge on any atom is -0.332 e. The second kappa shape index (κ2) is 6.69. The van der Waals surface area contributed by atoms with Gasteiger partial charge < -0.3 is 4.90 Å². The summed E-state index contributed by atoms with van der Waals surface area (Å²) in [5.41, 5.74) is 1.17. The van der Waals surface area contributed by atoms with Gasteiger partial charge >= 0.3 is 0 Å². The smallest absolute Gasteiger partial charge is 0.226 e. The van der Waals surface area contributed by atoms with Crippen LogP contribution >= 0.6 is 0 Å². The molecule has 0 aliphatic carbocycles. The summed E-state index contributed by atoms with van der Waals surface area (Å²) in [6.07, 6.45) is 3.61. The monoisotopic (exact) mass is 273 g/mol. The van der Waals surface area contributed by atoms with Crippen molar-refractivity contribution in [2.24, 2.45) is 5.92 Å². The normalized spacial score (nSPS) is 20.5. The van der Waals surface area contributed by atoms with Crippen LogP contribution in [0.3, 0.4) is 0 Å². The van der Waals surface area contributed by atoms with E-state index in [2.05, 4.69) is 0 Å². The molecule has 108 valence electrons. The first-order valence-corrected chi connectivity index (χ1v) is 7.44. The van der Waals surface area contributed by atoms with E-state index in [1.165, 1.54) is 5.56 Å². The first-order valence-electron chi connectivity index (χ1n) is 7.44. The third-order valence-electron chi connectivity index (χ3n) is 4.06. The summed E-state index contributed by atoms with van der Waals surface area (Å²) in [5.74, 6) is 0.163. The van der Waals surface area contributed by atoms with Gasteiger partial charge in [-0.05, 0) is 38.2 Å². The van der Waals surface area contributed by atoms with E-state index < -0.39 is 0 Å². The maximum absolute atomic E-state index is 12.6. The lowest BCUT2D eigenvalue weighted by Crippen LogP contribution is -2.49. The molecule has 1 aromatic carbocycles. The van der Waals surface area contributed by atoms with Crippen LogP contribution in [-0.4, -0.2) is 29.2 Å². The number of carbonyl (C=O) groups excluding carboxylic acids is 2. The van der Waals surface area contributed by atoms with Crippen LogP contribution in [0.1, 0.15) is 38.7 Å². The Hall–Kier alpha value is -1.64. The lowest BCUT2D eigenvalue weighted by atomic mass is 9.94. The van der Waals surface area contributed by atoms with Gasteiger partial charge in [0.2, 0.25) is 5.91 Å². The lowest BCUT2D eigenvalue weighted by Gasteiger charge is -2.36. The first-order chi connectivity index (χ1) is 9.59. The van der Waals surface area contributed by atoms with Crippen LogP contribution in [0.2, 0.25) is 0 Å². The topological polar surface area (TPSA) is 37.4 Å². The second-order valence-corrected chi connectivity index (χ2v) is 5.74. The average molecular weight is 273 g/mol. The van der Waals surface area contributed by atoms with Crippen molar-refractivity contribution in [1.29, 1.82) is 0 Å². The molecule has 0 N–H and O–H groups in total. The van der Waals surface area contributed by atoms with Crippen LogP contribution in [0.25, 0.3) is 0 Å². The molecule has 1 fully saturated rings.